The molecule has 1 aromatic carbocycles. The van der Waals surface area contributed by atoms with Gasteiger partial charge in [0.1, 0.15) is 0 Å². The molecule has 0 unspecified atom stereocenters. The summed E-state index contributed by atoms with van der Waals surface area (Å²) in [6.45, 7) is 7.08. The molecule has 2 atom stereocenters. The summed E-state index contributed by atoms with van der Waals surface area (Å²) in [6, 6.07) is 10.6. The first-order valence-corrected chi connectivity index (χ1v) is 8.24. The topological polar surface area (TPSA) is 50.2 Å². The van der Waals surface area contributed by atoms with Gasteiger partial charge in [-0.25, -0.2) is 4.68 Å². The zero-order valence-corrected chi connectivity index (χ0v) is 13.6. The molecule has 2 aliphatic heterocycles. The minimum absolute atomic E-state index is 0.212. The quantitative estimate of drug-likeness (QED) is 0.940. The van der Waals surface area contributed by atoms with Crippen molar-refractivity contribution in [1.29, 1.82) is 0 Å². The molecule has 5 heteroatoms. The Morgan fingerprint density at radius 2 is 2.00 bits per heavy atom. The number of fused-ring (bicyclic) bond motifs is 1. The molecule has 0 saturated carbocycles. The number of rotatable bonds is 3. The Hall–Kier alpha value is -2.14. The fraction of sp³-hybridized carbons (Fsp3) is 0.444. The molecular formula is C18H22N4O. The number of likely N-dealkylation sites (tertiary alicyclic amines) is 1. The number of hydrogen-bond donors (Lipinski definition) is 1. The van der Waals surface area contributed by atoms with E-state index in [0.29, 0.717) is 18.4 Å². The first kappa shape index (κ1) is 14.5. The van der Waals surface area contributed by atoms with Gasteiger partial charge < -0.3 is 5.32 Å². The zero-order valence-electron chi connectivity index (χ0n) is 13.6. The molecule has 2 saturated heterocycles. The SMILES string of the molecule is Cc1nn(-c2ccccc2)c(C)c1CN1C[C@@H]2CC(=O)N[C@@H]2C1. The van der Waals surface area contributed by atoms with Crippen LogP contribution >= 0.6 is 0 Å². The first-order chi connectivity index (χ1) is 11.1. The summed E-state index contributed by atoms with van der Waals surface area (Å²) in [5.74, 6) is 0.691. The largest absolute Gasteiger partial charge is 0.352 e. The smallest absolute Gasteiger partial charge is 0.220 e. The highest BCUT2D eigenvalue weighted by molar-refractivity contribution is 5.79. The van der Waals surface area contributed by atoms with Crippen LogP contribution in [-0.4, -0.2) is 39.7 Å². The van der Waals surface area contributed by atoms with Crippen molar-refractivity contribution in [1.82, 2.24) is 20.0 Å². The van der Waals surface area contributed by atoms with Gasteiger partial charge in [-0.1, -0.05) is 18.2 Å². The standard InChI is InChI=1S/C18H22N4O/c1-12-16(10-21-9-14-8-18(23)19-17(14)11-21)13(2)22(20-12)15-6-4-3-5-7-15/h3-7,14,17H,8-11H2,1-2H3,(H,19,23)/t14-,17+/m0/s1. The number of aryl methyl sites for hydroxylation is 1. The van der Waals surface area contributed by atoms with Gasteiger partial charge in [-0.3, -0.25) is 9.69 Å². The maximum Gasteiger partial charge on any atom is 0.220 e. The fourth-order valence-corrected chi connectivity index (χ4v) is 3.91. The third kappa shape index (κ3) is 2.55. The molecule has 4 rings (SSSR count). The highest BCUT2D eigenvalue weighted by atomic mass is 16.2. The summed E-state index contributed by atoms with van der Waals surface area (Å²) in [4.78, 5) is 13.9. The van der Waals surface area contributed by atoms with Crippen LogP contribution in [0.15, 0.2) is 30.3 Å². The Morgan fingerprint density at radius 1 is 1.22 bits per heavy atom. The van der Waals surface area contributed by atoms with Crippen LogP contribution in [0.3, 0.4) is 0 Å². The maximum absolute atomic E-state index is 11.4. The summed E-state index contributed by atoms with van der Waals surface area (Å²) < 4.78 is 2.03. The van der Waals surface area contributed by atoms with Gasteiger partial charge in [0.15, 0.2) is 0 Å². The van der Waals surface area contributed by atoms with Gasteiger partial charge in [-0.15, -0.1) is 0 Å². The molecule has 2 fully saturated rings. The lowest BCUT2D eigenvalue weighted by Crippen LogP contribution is -2.32. The van der Waals surface area contributed by atoms with Gasteiger partial charge >= 0.3 is 0 Å². The van der Waals surface area contributed by atoms with Crippen molar-refractivity contribution < 1.29 is 4.79 Å². The molecule has 120 valence electrons. The van der Waals surface area contributed by atoms with E-state index in [-0.39, 0.29) is 5.91 Å². The van der Waals surface area contributed by atoms with Crippen molar-refractivity contribution in [3.8, 4) is 5.69 Å². The van der Waals surface area contributed by atoms with E-state index in [9.17, 15) is 4.79 Å². The van der Waals surface area contributed by atoms with E-state index < -0.39 is 0 Å². The monoisotopic (exact) mass is 310 g/mol. The third-order valence-electron chi connectivity index (χ3n) is 5.13. The summed E-state index contributed by atoms with van der Waals surface area (Å²) in [5.41, 5.74) is 4.70. The number of amides is 1. The van der Waals surface area contributed by atoms with Crippen LogP contribution in [0.4, 0.5) is 0 Å². The van der Waals surface area contributed by atoms with Crippen molar-refractivity contribution in [3.05, 3.63) is 47.3 Å². The second-order valence-electron chi connectivity index (χ2n) is 6.73. The summed E-state index contributed by atoms with van der Waals surface area (Å²) in [7, 11) is 0. The summed E-state index contributed by atoms with van der Waals surface area (Å²) in [5, 5.41) is 7.82. The molecule has 2 aromatic rings. The van der Waals surface area contributed by atoms with Crippen molar-refractivity contribution in [2.24, 2.45) is 5.92 Å². The molecule has 1 aromatic heterocycles. The second-order valence-corrected chi connectivity index (χ2v) is 6.73. The average molecular weight is 310 g/mol. The number of aromatic nitrogens is 2. The normalized spacial score (nSPS) is 24.0. The third-order valence-corrected chi connectivity index (χ3v) is 5.13. The summed E-state index contributed by atoms with van der Waals surface area (Å²) >= 11 is 0. The van der Waals surface area contributed by atoms with E-state index in [1.54, 1.807) is 0 Å². The van der Waals surface area contributed by atoms with E-state index in [1.165, 1.54) is 11.3 Å². The minimum atomic E-state index is 0.212. The van der Waals surface area contributed by atoms with E-state index in [0.717, 1.165) is 31.0 Å². The highest BCUT2D eigenvalue weighted by Crippen LogP contribution is 2.28. The number of benzene rings is 1. The lowest BCUT2D eigenvalue weighted by molar-refractivity contribution is -0.119. The number of nitrogens with one attached hydrogen (secondary N) is 1. The Labute approximate surface area is 136 Å². The van der Waals surface area contributed by atoms with Gasteiger partial charge in [-0.05, 0) is 26.0 Å². The van der Waals surface area contributed by atoms with E-state index in [1.807, 2.05) is 22.9 Å². The minimum Gasteiger partial charge on any atom is -0.352 e. The molecule has 3 heterocycles. The molecule has 0 bridgehead atoms. The van der Waals surface area contributed by atoms with Gasteiger partial charge in [0.25, 0.3) is 0 Å². The lowest BCUT2D eigenvalue weighted by atomic mass is 10.1. The maximum atomic E-state index is 11.4. The molecule has 1 amide bonds. The number of hydrogen-bond acceptors (Lipinski definition) is 3. The van der Waals surface area contributed by atoms with Crippen molar-refractivity contribution in [2.45, 2.75) is 32.9 Å². The van der Waals surface area contributed by atoms with Crippen molar-refractivity contribution in [2.75, 3.05) is 13.1 Å². The lowest BCUT2D eigenvalue weighted by Gasteiger charge is -2.17. The van der Waals surface area contributed by atoms with Crippen LogP contribution in [-0.2, 0) is 11.3 Å². The number of para-hydroxylation sites is 1. The van der Waals surface area contributed by atoms with Gasteiger partial charge in [0.2, 0.25) is 5.91 Å². The number of carbonyl (C=O) groups excluding carboxylic acids is 1. The molecule has 0 radical (unpaired) electrons. The Kier molecular flexibility index (Phi) is 3.45. The number of carbonyl (C=O) groups is 1. The predicted molar refractivity (Wildman–Crippen MR) is 88.4 cm³/mol. The molecule has 23 heavy (non-hydrogen) atoms. The van der Waals surface area contributed by atoms with E-state index >= 15 is 0 Å². The molecular weight excluding hydrogens is 288 g/mol. The molecule has 1 N–H and O–H groups in total. The van der Waals surface area contributed by atoms with Crippen LogP contribution in [0.25, 0.3) is 5.69 Å². The van der Waals surface area contributed by atoms with Gasteiger partial charge in [-0.2, -0.15) is 5.10 Å². The van der Waals surface area contributed by atoms with E-state index in [2.05, 4.69) is 36.2 Å². The molecule has 0 spiro atoms. The van der Waals surface area contributed by atoms with Crippen molar-refractivity contribution in [3.63, 3.8) is 0 Å². The molecule has 2 aliphatic rings. The van der Waals surface area contributed by atoms with Crippen molar-refractivity contribution >= 4 is 5.91 Å². The van der Waals surface area contributed by atoms with Crippen LogP contribution in [0.5, 0.6) is 0 Å². The Bertz CT molecular complexity index is 721. The van der Waals surface area contributed by atoms with Gasteiger partial charge in [0, 0.05) is 49.3 Å². The zero-order chi connectivity index (χ0) is 16.0. The van der Waals surface area contributed by atoms with Crippen LogP contribution in [0, 0.1) is 19.8 Å². The van der Waals surface area contributed by atoms with Crippen LogP contribution in [0.1, 0.15) is 23.4 Å². The Balaban J connectivity index is 1.54. The first-order valence-electron chi connectivity index (χ1n) is 8.24. The highest BCUT2D eigenvalue weighted by Gasteiger charge is 2.40. The average Bonchev–Trinajstić information content (AvgIpc) is 3.14. The van der Waals surface area contributed by atoms with E-state index in [4.69, 9.17) is 5.10 Å². The summed E-state index contributed by atoms with van der Waals surface area (Å²) in [6.07, 6.45) is 0.683. The van der Waals surface area contributed by atoms with Crippen LogP contribution in [0.2, 0.25) is 0 Å². The second kappa shape index (κ2) is 5.49. The predicted octanol–water partition coefficient (Wildman–Crippen LogP) is 1.81. The van der Waals surface area contributed by atoms with Crippen LogP contribution < -0.4 is 5.32 Å². The molecule has 0 aliphatic carbocycles. The number of nitrogens with zero attached hydrogens (tertiary/aromatic N) is 3. The van der Waals surface area contributed by atoms with Gasteiger partial charge in [0.05, 0.1) is 11.4 Å². The Morgan fingerprint density at radius 3 is 2.74 bits per heavy atom. The fourth-order valence-electron chi connectivity index (χ4n) is 3.91. The molecule has 5 nitrogen and oxygen atoms in total.